The lowest BCUT2D eigenvalue weighted by molar-refractivity contribution is -0.132. The van der Waals surface area contributed by atoms with Gasteiger partial charge in [-0.05, 0) is 60.2 Å². The Balaban J connectivity index is 1.05. The van der Waals surface area contributed by atoms with Gasteiger partial charge in [0.1, 0.15) is 6.04 Å². The minimum atomic E-state index is -1.06. The van der Waals surface area contributed by atoms with E-state index in [-0.39, 0.29) is 61.5 Å². The van der Waals surface area contributed by atoms with Gasteiger partial charge in [-0.1, -0.05) is 126 Å². The van der Waals surface area contributed by atoms with Gasteiger partial charge in [0, 0.05) is 61.4 Å². The zero-order valence-electron chi connectivity index (χ0n) is 36.8. The first-order valence-corrected chi connectivity index (χ1v) is 23.0. The maximum Gasteiger partial charge on any atom is 0.407 e. The van der Waals surface area contributed by atoms with Crippen LogP contribution in [0.25, 0.3) is 5.57 Å². The molecule has 1 aliphatic heterocycles. The Labute approximate surface area is 371 Å². The number of nitrogens with one attached hydrogen (secondary N) is 5. The summed E-state index contributed by atoms with van der Waals surface area (Å²) < 4.78 is 5.35. The van der Waals surface area contributed by atoms with Crippen LogP contribution in [0.2, 0.25) is 0 Å². The number of carbonyl (C=O) groups excluding carboxylic acids is 6. The van der Waals surface area contributed by atoms with Gasteiger partial charge in [-0.15, -0.1) is 0 Å². The molecule has 5 atom stereocenters. The summed E-state index contributed by atoms with van der Waals surface area (Å²) in [6.07, 6.45) is 10.9. The lowest BCUT2D eigenvalue weighted by Gasteiger charge is -2.19. The maximum absolute atomic E-state index is 14.0. The van der Waals surface area contributed by atoms with E-state index in [0.29, 0.717) is 18.5 Å². The number of benzene rings is 3. The molecule has 3 aromatic rings. The van der Waals surface area contributed by atoms with Gasteiger partial charge in [-0.2, -0.15) is 0 Å². The van der Waals surface area contributed by atoms with E-state index in [1.54, 1.807) is 0 Å². The molecule has 63 heavy (non-hydrogen) atoms. The Morgan fingerprint density at radius 1 is 0.698 bits per heavy atom. The lowest BCUT2D eigenvalue weighted by Crippen LogP contribution is -2.53. The second-order valence-corrected chi connectivity index (χ2v) is 17.0. The molecule has 336 valence electrons. The summed E-state index contributed by atoms with van der Waals surface area (Å²) >= 11 is 0. The van der Waals surface area contributed by atoms with E-state index in [2.05, 4.69) is 40.4 Å². The Hall–Kier alpha value is -5.98. The van der Waals surface area contributed by atoms with Gasteiger partial charge in [0.2, 0.25) is 17.7 Å². The second-order valence-electron chi connectivity index (χ2n) is 17.0. The predicted octanol–water partition coefficient (Wildman–Crippen LogP) is 6.86. The van der Waals surface area contributed by atoms with Crippen molar-refractivity contribution in [1.82, 2.24) is 31.5 Å². The lowest BCUT2D eigenvalue weighted by atomic mass is 9.94. The topological polar surface area (TPSA) is 175 Å². The summed E-state index contributed by atoms with van der Waals surface area (Å²) in [5.74, 6) is -3.13. The average molecular weight is 861 g/mol. The Kier molecular flexibility index (Phi) is 17.3. The van der Waals surface area contributed by atoms with Crippen molar-refractivity contribution >= 4 is 41.2 Å². The molecule has 3 aromatic carbocycles. The van der Waals surface area contributed by atoms with E-state index >= 15 is 0 Å². The van der Waals surface area contributed by atoms with E-state index < -0.39 is 35.8 Å². The summed E-state index contributed by atoms with van der Waals surface area (Å²) in [7, 11) is 0. The fourth-order valence-electron chi connectivity index (χ4n) is 8.19. The van der Waals surface area contributed by atoms with Crippen LogP contribution < -0.4 is 26.6 Å². The van der Waals surface area contributed by atoms with Crippen LogP contribution in [0, 0.1) is 11.8 Å². The summed E-state index contributed by atoms with van der Waals surface area (Å²) in [5.41, 5.74) is 4.61. The number of allylic oxidation sites excluding steroid dienone is 2. The summed E-state index contributed by atoms with van der Waals surface area (Å²) in [6, 6.07) is 24.8. The van der Waals surface area contributed by atoms with Crippen molar-refractivity contribution in [2.75, 3.05) is 32.8 Å². The molecule has 2 fully saturated rings. The smallest absolute Gasteiger partial charge is 0.407 e. The maximum atomic E-state index is 14.0. The third-order valence-corrected chi connectivity index (χ3v) is 12.1. The van der Waals surface area contributed by atoms with Crippen molar-refractivity contribution in [2.45, 2.75) is 109 Å². The average Bonchev–Trinajstić information content (AvgIpc) is 4.22. The van der Waals surface area contributed by atoms with Gasteiger partial charge in [0.05, 0.1) is 18.4 Å². The highest BCUT2D eigenvalue weighted by molar-refractivity contribution is 6.00. The van der Waals surface area contributed by atoms with Gasteiger partial charge < -0.3 is 36.2 Å². The van der Waals surface area contributed by atoms with Crippen molar-refractivity contribution in [1.29, 1.82) is 0 Å². The molecule has 0 bridgehead atoms. The highest BCUT2D eigenvalue weighted by Gasteiger charge is 2.47. The normalized spacial score (nSPS) is 19.1. The molecular weight excluding hydrogens is 797 g/mol. The van der Waals surface area contributed by atoms with E-state index in [4.69, 9.17) is 4.74 Å². The number of unbranched alkanes of at least 4 members (excludes halogenated alkanes) is 8. The SMILES string of the molecule is CCCCCCCCOC(=O)N[C@@H](CNC(=O)c1ccc(C(=O)N2C[C@@H](C(=O)NC3=C(c4ccccc4)C3)[C@H](C(=O)N[C@H]3C[C@@H]3c3ccccc3)C2)cc1)C(=O)NCCCCCC. The zero-order valence-corrected chi connectivity index (χ0v) is 36.8. The number of hydrogen-bond acceptors (Lipinski definition) is 7. The van der Waals surface area contributed by atoms with Gasteiger partial charge >= 0.3 is 6.09 Å². The molecule has 1 saturated carbocycles. The number of likely N-dealkylation sites (tertiary alicyclic amines) is 1. The summed E-state index contributed by atoms with van der Waals surface area (Å²) in [5, 5.41) is 14.4. The Morgan fingerprint density at radius 3 is 2.02 bits per heavy atom. The van der Waals surface area contributed by atoms with Crippen LogP contribution in [0.4, 0.5) is 4.79 Å². The fourth-order valence-corrected chi connectivity index (χ4v) is 8.19. The number of nitrogens with zero attached hydrogens (tertiary/aromatic N) is 1. The van der Waals surface area contributed by atoms with E-state index in [9.17, 15) is 28.8 Å². The van der Waals surface area contributed by atoms with Gasteiger partial charge in [0.15, 0.2) is 0 Å². The highest BCUT2D eigenvalue weighted by atomic mass is 16.5. The van der Waals surface area contributed by atoms with Crippen molar-refractivity contribution < 1.29 is 33.5 Å². The number of hydrogen-bond donors (Lipinski definition) is 5. The quantitative estimate of drug-likeness (QED) is 0.0612. The van der Waals surface area contributed by atoms with E-state index in [0.717, 1.165) is 86.6 Å². The molecule has 5 N–H and O–H groups in total. The second kappa shape index (κ2) is 23.5. The molecule has 0 radical (unpaired) electrons. The van der Waals surface area contributed by atoms with Crippen LogP contribution in [-0.2, 0) is 19.1 Å². The van der Waals surface area contributed by atoms with Crippen molar-refractivity contribution in [2.24, 2.45) is 11.8 Å². The van der Waals surface area contributed by atoms with Crippen LogP contribution in [0.5, 0.6) is 0 Å². The number of carbonyl (C=O) groups is 6. The van der Waals surface area contributed by atoms with Crippen molar-refractivity contribution in [3.8, 4) is 0 Å². The van der Waals surface area contributed by atoms with E-state index in [1.807, 2.05) is 60.7 Å². The molecule has 3 aliphatic rings. The van der Waals surface area contributed by atoms with Gasteiger partial charge in [-0.25, -0.2) is 4.79 Å². The molecular formula is C50H64N6O7. The molecule has 1 heterocycles. The molecule has 6 rings (SSSR count). The fraction of sp³-hybridized carbons (Fsp3) is 0.480. The minimum Gasteiger partial charge on any atom is -0.450 e. The third-order valence-electron chi connectivity index (χ3n) is 12.1. The molecule has 6 amide bonds. The molecule has 13 nitrogen and oxygen atoms in total. The highest BCUT2D eigenvalue weighted by Crippen LogP contribution is 2.42. The summed E-state index contributed by atoms with van der Waals surface area (Å²) in [4.78, 5) is 82.3. The van der Waals surface area contributed by atoms with E-state index in [1.165, 1.54) is 35.6 Å². The first kappa shape index (κ1) is 46.5. The molecule has 13 heteroatoms. The molecule has 0 unspecified atom stereocenters. The number of rotatable bonds is 24. The van der Waals surface area contributed by atoms with Crippen LogP contribution >= 0.6 is 0 Å². The van der Waals surface area contributed by atoms with Crippen LogP contribution in [0.1, 0.15) is 129 Å². The monoisotopic (exact) mass is 860 g/mol. The molecule has 0 aromatic heterocycles. The number of alkyl carbamates (subject to hydrolysis) is 1. The Bertz CT molecular complexity index is 2060. The minimum absolute atomic E-state index is 0.0393. The number of ether oxygens (including phenoxy) is 1. The van der Waals surface area contributed by atoms with Gasteiger partial charge in [0.25, 0.3) is 11.8 Å². The molecule has 0 spiro atoms. The van der Waals surface area contributed by atoms with Crippen molar-refractivity contribution in [3.63, 3.8) is 0 Å². The van der Waals surface area contributed by atoms with Crippen LogP contribution in [0.3, 0.4) is 0 Å². The van der Waals surface area contributed by atoms with Crippen LogP contribution in [-0.4, -0.2) is 85.4 Å². The van der Waals surface area contributed by atoms with Gasteiger partial charge in [-0.3, -0.25) is 24.0 Å². The predicted molar refractivity (Wildman–Crippen MR) is 242 cm³/mol. The first-order chi connectivity index (χ1) is 30.7. The largest absolute Gasteiger partial charge is 0.450 e. The number of amides is 6. The third kappa shape index (κ3) is 13.8. The standard InChI is InChI=1S/C50H64N6O7/c1-3-5-7-9-10-18-28-63-50(62)55-44(48(60)51-27-17-8-6-4-2)31-52-45(57)36-23-25-37(26-24-36)49(61)56-32-40(46(58)53-42-29-38(42)34-19-13-11-14-20-34)41(33-56)47(59)54-43-30-39(43)35-21-15-12-16-22-35/h11-16,19-26,38,40-42,44H,3-10,17-18,27-33H2,1-2H3,(H,51,60)(H,52,57)(H,53,58)(H,54,59)(H,55,62)/t38-,40-,41-,42+,44+/m1/s1. The summed E-state index contributed by atoms with van der Waals surface area (Å²) in [6.45, 7) is 4.90. The zero-order chi connectivity index (χ0) is 44.6. The Morgan fingerprint density at radius 2 is 1.32 bits per heavy atom. The first-order valence-electron chi connectivity index (χ1n) is 23.0. The molecule has 1 saturated heterocycles. The van der Waals surface area contributed by atoms with Crippen LogP contribution in [0.15, 0.2) is 90.6 Å². The molecule has 2 aliphatic carbocycles. The van der Waals surface area contributed by atoms with Crippen molar-refractivity contribution in [3.05, 3.63) is 113 Å².